The fourth-order valence-electron chi connectivity index (χ4n) is 1.84. The number of rotatable bonds is 3. The molecule has 0 aliphatic heterocycles. The van der Waals surface area contributed by atoms with Crippen molar-refractivity contribution in [3.05, 3.63) is 63.4 Å². The van der Waals surface area contributed by atoms with Crippen molar-refractivity contribution in [2.24, 2.45) is 0 Å². The van der Waals surface area contributed by atoms with E-state index in [1.165, 1.54) is 0 Å². The van der Waals surface area contributed by atoms with Gasteiger partial charge in [0.15, 0.2) is 0 Å². The Kier molecular flexibility index (Phi) is 4.32. The molecule has 3 nitrogen and oxygen atoms in total. The Morgan fingerprint density at radius 3 is 2.74 bits per heavy atom. The maximum atomic E-state index is 12.0. The van der Waals surface area contributed by atoms with E-state index in [1.807, 2.05) is 50.2 Å². The van der Waals surface area contributed by atoms with Crippen molar-refractivity contribution in [2.75, 3.05) is 0 Å². The molecule has 0 fully saturated rings. The summed E-state index contributed by atoms with van der Waals surface area (Å²) >= 11 is 3.39. The minimum absolute atomic E-state index is 0.0901. The third kappa shape index (κ3) is 3.89. The Hall–Kier alpha value is -1.68. The quantitative estimate of drug-likeness (QED) is 0.942. The lowest BCUT2D eigenvalue weighted by Gasteiger charge is -2.07. The number of benzene rings is 1. The SMILES string of the molecule is Cc1cc(Br)cc(C(=O)NCc2cccc(C)n2)c1. The number of nitrogens with zero attached hydrogens (tertiary/aromatic N) is 1. The smallest absolute Gasteiger partial charge is 0.251 e. The van der Waals surface area contributed by atoms with E-state index >= 15 is 0 Å². The van der Waals surface area contributed by atoms with E-state index in [0.29, 0.717) is 12.1 Å². The van der Waals surface area contributed by atoms with Crippen molar-refractivity contribution >= 4 is 21.8 Å². The first-order valence-electron chi connectivity index (χ1n) is 6.02. The number of aromatic nitrogens is 1. The van der Waals surface area contributed by atoms with E-state index in [9.17, 15) is 4.79 Å². The van der Waals surface area contributed by atoms with Crippen molar-refractivity contribution in [3.8, 4) is 0 Å². The molecule has 2 rings (SSSR count). The molecule has 0 unspecified atom stereocenters. The van der Waals surface area contributed by atoms with Crippen LogP contribution in [0.1, 0.15) is 27.3 Å². The van der Waals surface area contributed by atoms with Crippen LogP contribution in [0.3, 0.4) is 0 Å². The zero-order chi connectivity index (χ0) is 13.8. The van der Waals surface area contributed by atoms with Crippen LogP contribution < -0.4 is 5.32 Å². The lowest BCUT2D eigenvalue weighted by atomic mass is 10.1. The monoisotopic (exact) mass is 318 g/mol. The number of amides is 1. The molecule has 98 valence electrons. The van der Waals surface area contributed by atoms with Gasteiger partial charge in [-0.05, 0) is 49.7 Å². The number of carbonyl (C=O) groups excluding carboxylic acids is 1. The van der Waals surface area contributed by atoms with Crippen molar-refractivity contribution in [3.63, 3.8) is 0 Å². The Balaban J connectivity index is 2.05. The average molecular weight is 319 g/mol. The van der Waals surface area contributed by atoms with Crippen LogP contribution in [0.25, 0.3) is 0 Å². The minimum atomic E-state index is -0.0901. The highest BCUT2D eigenvalue weighted by molar-refractivity contribution is 9.10. The molecule has 19 heavy (non-hydrogen) atoms. The van der Waals surface area contributed by atoms with Crippen LogP contribution in [0.4, 0.5) is 0 Å². The first kappa shape index (κ1) is 13.7. The van der Waals surface area contributed by atoms with Crippen LogP contribution in [0.5, 0.6) is 0 Å². The summed E-state index contributed by atoms with van der Waals surface area (Å²) in [6, 6.07) is 11.4. The van der Waals surface area contributed by atoms with Gasteiger partial charge in [0.25, 0.3) is 5.91 Å². The maximum absolute atomic E-state index is 12.0. The molecule has 4 heteroatoms. The second-order valence-corrected chi connectivity index (χ2v) is 5.39. The molecule has 1 aromatic carbocycles. The van der Waals surface area contributed by atoms with Gasteiger partial charge in [-0.3, -0.25) is 9.78 Å². The molecule has 2 aromatic rings. The van der Waals surface area contributed by atoms with Crippen LogP contribution in [0, 0.1) is 13.8 Å². The van der Waals surface area contributed by atoms with E-state index in [1.54, 1.807) is 0 Å². The van der Waals surface area contributed by atoms with Crippen LogP contribution in [-0.4, -0.2) is 10.9 Å². The summed E-state index contributed by atoms with van der Waals surface area (Å²) in [5.41, 5.74) is 3.51. The zero-order valence-corrected chi connectivity index (χ0v) is 12.5. The normalized spacial score (nSPS) is 10.3. The topological polar surface area (TPSA) is 42.0 Å². The number of pyridine rings is 1. The lowest BCUT2D eigenvalue weighted by Crippen LogP contribution is -2.23. The van der Waals surface area contributed by atoms with Gasteiger partial charge in [0, 0.05) is 15.7 Å². The van der Waals surface area contributed by atoms with Crippen molar-refractivity contribution in [1.82, 2.24) is 10.3 Å². The van der Waals surface area contributed by atoms with Crippen LogP contribution in [-0.2, 0) is 6.54 Å². The van der Waals surface area contributed by atoms with Gasteiger partial charge in [0.1, 0.15) is 0 Å². The first-order valence-corrected chi connectivity index (χ1v) is 6.82. The highest BCUT2D eigenvalue weighted by atomic mass is 79.9. The van der Waals surface area contributed by atoms with E-state index in [0.717, 1.165) is 21.4 Å². The fraction of sp³-hybridized carbons (Fsp3) is 0.200. The Labute approximate surface area is 121 Å². The van der Waals surface area contributed by atoms with Gasteiger partial charge in [-0.2, -0.15) is 0 Å². The van der Waals surface area contributed by atoms with Crippen molar-refractivity contribution in [2.45, 2.75) is 20.4 Å². The lowest BCUT2D eigenvalue weighted by molar-refractivity contribution is 0.0950. The molecule has 0 radical (unpaired) electrons. The highest BCUT2D eigenvalue weighted by Crippen LogP contribution is 2.15. The van der Waals surface area contributed by atoms with Crippen LogP contribution in [0.15, 0.2) is 40.9 Å². The van der Waals surface area contributed by atoms with Crippen molar-refractivity contribution in [1.29, 1.82) is 0 Å². The second kappa shape index (κ2) is 5.97. The molecule has 0 atom stereocenters. The predicted octanol–water partition coefficient (Wildman–Crippen LogP) is 3.39. The number of hydrogen-bond donors (Lipinski definition) is 1. The molecule has 0 saturated carbocycles. The largest absolute Gasteiger partial charge is 0.346 e. The van der Waals surface area contributed by atoms with E-state index < -0.39 is 0 Å². The van der Waals surface area contributed by atoms with Gasteiger partial charge >= 0.3 is 0 Å². The first-order chi connectivity index (χ1) is 9.04. The summed E-state index contributed by atoms with van der Waals surface area (Å²) < 4.78 is 0.909. The highest BCUT2D eigenvalue weighted by Gasteiger charge is 2.07. The number of halogens is 1. The molecule has 1 N–H and O–H groups in total. The van der Waals surface area contributed by atoms with Gasteiger partial charge in [-0.15, -0.1) is 0 Å². The predicted molar refractivity (Wildman–Crippen MR) is 79.0 cm³/mol. The summed E-state index contributed by atoms with van der Waals surface area (Å²) in [6.45, 7) is 4.33. The molecular weight excluding hydrogens is 304 g/mol. The van der Waals surface area contributed by atoms with Crippen LogP contribution in [0.2, 0.25) is 0 Å². The molecular formula is C15H15BrN2O. The summed E-state index contributed by atoms with van der Waals surface area (Å²) in [5.74, 6) is -0.0901. The van der Waals surface area contributed by atoms with Gasteiger partial charge in [-0.25, -0.2) is 0 Å². The number of aryl methyl sites for hydroxylation is 2. The van der Waals surface area contributed by atoms with Crippen LogP contribution >= 0.6 is 15.9 Å². The molecule has 0 aliphatic rings. The van der Waals surface area contributed by atoms with Gasteiger partial charge < -0.3 is 5.32 Å². The minimum Gasteiger partial charge on any atom is -0.346 e. The molecule has 0 spiro atoms. The van der Waals surface area contributed by atoms with E-state index in [-0.39, 0.29) is 5.91 Å². The summed E-state index contributed by atoms with van der Waals surface area (Å²) in [5, 5.41) is 2.87. The molecule has 1 heterocycles. The summed E-state index contributed by atoms with van der Waals surface area (Å²) in [7, 11) is 0. The Bertz CT molecular complexity index is 591. The van der Waals surface area contributed by atoms with Gasteiger partial charge in [-0.1, -0.05) is 22.0 Å². The van der Waals surface area contributed by atoms with E-state index in [4.69, 9.17) is 0 Å². The van der Waals surface area contributed by atoms with E-state index in [2.05, 4.69) is 26.2 Å². The third-order valence-corrected chi connectivity index (χ3v) is 3.14. The fourth-order valence-corrected chi connectivity index (χ4v) is 2.45. The molecule has 1 aromatic heterocycles. The molecule has 0 aliphatic carbocycles. The average Bonchev–Trinajstić information content (AvgIpc) is 2.35. The standard InChI is InChI=1S/C15H15BrN2O/c1-10-6-12(8-13(16)7-10)15(19)17-9-14-5-3-4-11(2)18-14/h3-8H,9H2,1-2H3,(H,17,19). The third-order valence-electron chi connectivity index (χ3n) is 2.68. The van der Waals surface area contributed by atoms with Gasteiger partial charge in [0.05, 0.1) is 12.2 Å². The summed E-state index contributed by atoms with van der Waals surface area (Å²) in [4.78, 5) is 16.4. The Morgan fingerprint density at radius 1 is 1.26 bits per heavy atom. The number of carbonyl (C=O) groups is 1. The molecule has 0 saturated heterocycles. The Morgan fingerprint density at radius 2 is 2.05 bits per heavy atom. The van der Waals surface area contributed by atoms with Crippen molar-refractivity contribution < 1.29 is 4.79 Å². The molecule has 1 amide bonds. The zero-order valence-electron chi connectivity index (χ0n) is 10.9. The molecule has 0 bridgehead atoms. The van der Waals surface area contributed by atoms with Gasteiger partial charge in [0.2, 0.25) is 0 Å². The summed E-state index contributed by atoms with van der Waals surface area (Å²) in [6.07, 6.45) is 0. The number of hydrogen-bond acceptors (Lipinski definition) is 2. The second-order valence-electron chi connectivity index (χ2n) is 4.47. The number of nitrogens with one attached hydrogen (secondary N) is 1. The maximum Gasteiger partial charge on any atom is 0.251 e.